The number of ether oxygens (including phenoxy) is 2. The van der Waals surface area contributed by atoms with Crippen LogP contribution >= 0.6 is 0 Å². The summed E-state index contributed by atoms with van der Waals surface area (Å²) in [5, 5.41) is 7.47. The maximum atomic E-state index is 13.3. The fourth-order valence-corrected chi connectivity index (χ4v) is 5.55. The molecule has 3 heterocycles. The third-order valence-electron chi connectivity index (χ3n) is 7.71. The largest absolute Gasteiger partial charge is 0.494 e. The van der Waals surface area contributed by atoms with Crippen molar-refractivity contribution in [3.8, 4) is 5.75 Å². The summed E-state index contributed by atoms with van der Waals surface area (Å²) in [6.45, 7) is 6.54. The summed E-state index contributed by atoms with van der Waals surface area (Å²) in [6, 6.07) is 9.83. The van der Waals surface area contributed by atoms with Crippen LogP contribution in [-0.4, -0.2) is 67.4 Å². The lowest BCUT2D eigenvalue weighted by Gasteiger charge is -2.42. The van der Waals surface area contributed by atoms with Gasteiger partial charge in [0.1, 0.15) is 23.5 Å². The number of benzene rings is 2. The average Bonchev–Trinajstić information content (AvgIpc) is 3.22. The van der Waals surface area contributed by atoms with Gasteiger partial charge in [0, 0.05) is 55.3 Å². The monoisotopic (exact) mass is 490 g/mol. The maximum Gasteiger partial charge on any atom is 0.415 e. The summed E-state index contributed by atoms with van der Waals surface area (Å²) in [6.07, 6.45) is 2.97. The molecule has 2 fully saturated rings. The third kappa shape index (κ3) is 4.07. The molecule has 1 aromatic heterocycles. The van der Waals surface area contributed by atoms with Gasteiger partial charge in [0.05, 0.1) is 24.9 Å². The molecule has 2 atom stereocenters. The molecule has 2 saturated heterocycles. The molecule has 9 heteroatoms. The Morgan fingerprint density at radius 2 is 2.06 bits per heavy atom. The number of aromatic nitrogens is 2. The Hall–Kier alpha value is -3.59. The van der Waals surface area contributed by atoms with Crippen LogP contribution < -0.4 is 20.3 Å². The summed E-state index contributed by atoms with van der Waals surface area (Å²) < 4.78 is 11.9. The Bertz CT molecular complexity index is 1300. The van der Waals surface area contributed by atoms with E-state index in [4.69, 9.17) is 9.47 Å². The van der Waals surface area contributed by atoms with Crippen LogP contribution in [0.1, 0.15) is 25.3 Å². The van der Waals surface area contributed by atoms with Gasteiger partial charge in [-0.1, -0.05) is 13.0 Å². The first-order valence-corrected chi connectivity index (χ1v) is 12.4. The number of carbonyl (C=O) groups excluding carboxylic acids is 1. The van der Waals surface area contributed by atoms with Gasteiger partial charge in [-0.05, 0) is 44.2 Å². The van der Waals surface area contributed by atoms with E-state index in [0.717, 1.165) is 53.8 Å². The van der Waals surface area contributed by atoms with Gasteiger partial charge in [0.2, 0.25) is 0 Å². The standard InChI is InChI=1S/C27H34N6O3/c1-6-18-14-32(4)11-10-27(18)15-33(26(34)36-27)23-12-19-22(13-24(23)35-5)29-16-30-25(19)31-21-9-7-8-20(28-3)17(21)2/h7-9,12-13,16,18,28H,6,10-11,14-15H2,1-5H3,(H,29,30,31). The van der Waals surface area contributed by atoms with Gasteiger partial charge in [0.25, 0.3) is 0 Å². The number of nitrogens with zero attached hydrogens (tertiary/aromatic N) is 4. The highest BCUT2D eigenvalue weighted by atomic mass is 16.6. The summed E-state index contributed by atoms with van der Waals surface area (Å²) >= 11 is 0. The molecule has 190 valence electrons. The first-order chi connectivity index (χ1) is 17.4. The molecular formula is C27H34N6O3. The van der Waals surface area contributed by atoms with Crippen LogP contribution in [0.5, 0.6) is 5.75 Å². The molecule has 0 saturated carbocycles. The van der Waals surface area contributed by atoms with Gasteiger partial charge >= 0.3 is 6.09 Å². The van der Waals surface area contributed by atoms with Crippen LogP contribution in [0, 0.1) is 12.8 Å². The highest BCUT2D eigenvalue weighted by molar-refractivity contribution is 6.00. The van der Waals surface area contributed by atoms with Crippen LogP contribution in [0.15, 0.2) is 36.7 Å². The lowest BCUT2D eigenvalue weighted by Crippen LogP contribution is -2.53. The molecule has 0 radical (unpaired) electrons. The zero-order valence-electron chi connectivity index (χ0n) is 21.6. The van der Waals surface area contributed by atoms with Crippen molar-refractivity contribution in [3.05, 3.63) is 42.2 Å². The molecule has 3 aromatic rings. The van der Waals surface area contributed by atoms with Crippen molar-refractivity contribution in [2.75, 3.05) is 56.4 Å². The van der Waals surface area contributed by atoms with Crippen molar-refractivity contribution in [2.24, 2.45) is 5.92 Å². The first kappa shape index (κ1) is 24.1. The van der Waals surface area contributed by atoms with E-state index in [2.05, 4.69) is 46.4 Å². The number of nitrogens with one attached hydrogen (secondary N) is 2. The zero-order valence-corrected chi connectivity index (χ0v) is 21.6. The first-order valence-electron chi connectivity index (χ1n) is 12.4. The van der Waals surface area contributed by atoms with Crippen LogP contribution in [0.4, 0.5) is 27.7 Å². The Morgan fingerprint density at radius 3 is 2.81 bits per heavy atom. The minimum absolute atomic E-state index is 0.277. The fraction of sp³-hybridized carbons (Fsp3) is 0.444. The summed E-state index contributed by atoms with van der Waals surface area (Å²) in [5.74, 6) is 1.52. The third-order valence-corrected chi connectivity index (χ3v) is 7.71. The SMILES string of the molecule is CCC1CN(C)CCC12CN(c1cc3c(Nc4cccc(NC)c4C)ncnc3cc1OC)C(=O)O2. The summed E-state index contributed by atoms with van der Waals surface area (Å²) in [5.41, 5.74) is 3.96. The van der Waals surface area contributed by atoms with E-state index in [9.17, 15) is 4.79 Å². The van der Waals surface area contributed by atoms with E-state index in [1.807, 2.05) is 37.4 Å². The van der Waals surface area contributed by atoms with Gasteiger partial charge in [0.15, 0.2) is 0 Å². The molecule has 2 aliphatic rings. The van der Waals surface area contributed by atoms with E-state index in [1.165, 1.54) is 6.33 Å². The molecule has 2 N–H and O–H groups in total. The lowest BCUT2D eigenvalue weighted by molar-refractivity contribution is -0.0437. The number of fused-ring (bicyclic) bond motifs is 1. The zero-order chi connectivity index (χ0) is 25.4. The van der Waals surface area contributed by atoms with E-state index < -0.39 is 5.60 Å². The van der Waals surface area contributed by atoms with Crippen molar-refractivity contribution in [3.63, 3.8) is 0 Å². The lowest BCUT2D eigenvalue weighted by atomic mass is 9.79. The minimum Gasteiger partial charge on any atom is -0.494 e. The van der Waals surface area contributed by atoms with Crippen molar-refractivity contribution in [1.29, 1.82) is 0 Å². The van der Waals surface area contributed by atoms with Crippen molar-refractivity contribution >= 4 is 39.9 Å². The van der Waals surface area contributed by atoms with E-state index >= 15 is 0 Å². The molecule has 2 aromatic carbocycles. The molecule has 2 aliphatic heterocycles. The van der Waals surface area contributed by atoms with Gasteiger partial charge in [-0.15, -0.1) is 0 Å². The Balaban J connectivity index is 1.55. The highest BCUT2D eigenvalue weighted by Gasteiger charge is 2.52. The fourth-order valence-electron chi connectivity index (χ4n) is 5.55. The number of rotatable bonds is 6. The Kier molecular flexibility index (Phi) is 6.34. The molecule has 1 amide bonds. The van der Waals surface area contributed by atoms with Gasteiger partial charge in [-0.3, -0.25) is 4.90 Å². The number of amides is 1. The second kappa shape index (κ2) is 9.46. The topological polar surface area (TPSA) is 91.9 Å². The molecule has 0 bridgehead atoms. The number of methoxy groups -OCH3 is 1. The van der Waals surface area contributed by atoms with E-state index in [1.54, 1.807) is 12.0 Å². The average molecular weight is 491 g/mol. The predicted octanol–water partition coefficient (Wildman–Crippen LogP) is 4.79. The normalized spacial score (nSPS) is 22.2. The van der Waals surface area contributed by atoms with E-state index in [0.29, 0.717) is 23.8 Å². The highest BCUT2D eigenvalue weighted by Crippen LogP contribution is 2.44. The molecule has 0 aliphatic carbocycles. The van der Waals surface area contributed by atoms with Crippen molar-refractivity contribution in [1.82, 2.24) is 14.9 Å². The summed E-state index contributed by atoms with van der Waals surface area (Å²) in [7, 11) is 5.64. The smallest absolute Gasteiger partial charge is 0.415 e. The second-order valence-corrected chi connectivity index (χ2v) is 9.75. The molecule has 2 unspecified atom stereocenters. The van der Waals surface area contributed by atoms with Crippen molar-refractivity contribution < 1.29 is 14.3 Å². The molecule has 5 rings (SSSR count). The number of likely N-dealkylation sites (tertiary alicyclic amines) is 1. The van der Waals surface area contributed by atoms with Crippen LogP contribution in [0.25, 0.3) is 10.9 Å². The number of hydrogen-bond acceptors (Lipinski definition) is 8. The Labute approximate surface area is 211 Å². The minimum atomic E-state index is -0.489. The number of piperidine rings is 1. The number of carbonyl (C=O) groups is 1. The molecule has 36 heavy (non-hydrogen) atoms. The molecular weight excluding hydrogens is 456 g/mol. The number of anilines is 4. The van der Waals surface area contributed by atoms with Gasteiger partial charge < -0.3 is 25.0 Å². The quantitative estimate of drug-likeness (QED) is 0.510. The van der Waals surface area contributed by atoms with E-state index in [-0.39, 0.29) is 12.0 Å². The van der Waals surface area contributed by atoms with Crippen LogP contribution in [0.2, 0.25) is 0 Å². The van der Waals surface area contributed by atoms with Gasteiger partial charge in [-0.25, -0.2) is 14.8 Å². The molecule has 9 nitrogen and oxygen atoms in total. The predicted molar refractivity (Wildman–Crippen MR) is 143 cm³/mol. The maximum absolute atomic E-state index is 13.3. The number of hydrogen-bond donors (Lipinski definition) is 2. The summed E-state index contributed by atoms with van der Waals surface area (Å²) in [4.78, 5) is 26.3. The second-order valence-electron chi connectivity index (χ2n) is 9.75. The Morgan fingerprint density at radius 1 is 1.25 bits per heavy atom. The van der Waals surface area contributed by atoms with Crippen molar-refractivity contribution in [2.45, 2.75) is 32.3 Å². The van der Waals surface area contributed by atoms with Crippen LogP contribution in [-0.2, 0) is 4.74 Å². The molecule has 1 spiro atoms. The van der Waals surface area contributed by atoms with Gasteiger partial charge in [-0.2, -0.15) is 0 Å². The van der Waals surface area contributed by atoms with Crippen LogP contribution in [0.3, 0.4) is 0 Å².